The summed E-state index contributed by atoms with van der Waals surface area (Å²) >= 11 is 1.55. The number of hydrogen-bond donors (Lipinski definition) is 0. The molecule has 1 aromatic carbocycles. The number of hydrogen-bond acceptors (Lipinski definition) is 5. The molecule has 0 spiro atoms. The van der Waals surface area contributed by atoms with E-state index in [-0.39, 0.29) is 0 Å². The average Bonchev–Trinajstić information content (AvgIpc) is 2.98. The van der Waals surface area contributed by atoms with Gasteiger partial charge in [-0.25, -0.2) is 14.5 Å². The fourth-order valence-electron chi connectivity index (χ4n) is 1.88. The van der Waals surface area contributed by atoms with Crippen molar-refractivity contribution in [2.24, 2.45) is 0 Å². The van der Waals surface area contributed by atoms with Crippen LogP contribution in [0.4, 0.5) is 0 Å². The van der Waals surface area contributed by atoms with E-state index in [1.54, 1.807) is 15.9 Å². The summed E-state index contributed by atoms with van der Waals surface area (Å²) in [6.07, 6.45) is 1.84. The van der Waals surface area contributed by atoms with E-state index in [1.165, 1.54) is 0 Å². The fraction of sp³-hybridized carbons (Fsp3) is 0.0833. The molecule has 0 fully saturated rings. The Kier molecular flexibility index (Phi) is 1.84. The van der Waals surface area contributed by atoms with Crippen LogP contribution in [0.15, 0.2) is 34.9 Å². The molecule has 3 heterocycles. The van der Waals surface area contributed by atoms with Gasteiger partial charge in [0.1, 0.15) is 16.2 Å². The van der Waals surface area contributed by atoms with Crippen LogP contribution in [-0.4, -0.2) is 19.6 Å². The van der Waals surface area contributed by atoms with Crippen LogP contribution in [0.5, 0.6) is 0 Å². The van der Waals surface area contributed by atoms with Gasteiger partial charge in [-0.1, -0.05) is 23.5 Å². The molecule has 18 heavy (non-hydrogen) atoms. The minimum Gasteiger partial charge on any atom is -0.435 e. The van der Waals surface area contributed by atoms with E-state index < -0.39 is 0 Å². The van der Waals surface area contributed by atoms with Crippen molar-refractivity contribution in [1.29, 1.82) is 0 Å². The monoisotopic (exact) mass is 256 g/mol. The van der Waals surface area contributed by atoms with Crippen LogP contribution in [-0.2, 0) is 0 Å². The van der Waals surface area contributed by atoms with E-state index in [0.717, 1.165) is 21.1 Å². The highest BCUT2D eigenvalue weighted by molar-refractivity contribution is 7.16. The van der Waals surface area contributed by atoms with Crippen molar-refractivity contribution in [3.8, 4) is 11.6 Å². The van der Waals surface area contributed by atoms with E-state index in [1.807, 2.05) is 37.4 Å². The van der Waals surface area contributed by atoms with Crippen LogP contribution in [0.3, 0.4) is 0 Å². The second-order valence-corrected chi connectivity index (χ2v) is 5.12. The molecule has 0 atom stereocenters. The molecule has 5 nitrogen and oxygen atoms in total. The number of para-hydroxylation sites is 2. The molecule has 0 aliphatic rings. The van der Waals surface area contributed by atoms with Gasteiger partial charge in [-0.05, 0) is 19.1 Å². The Morgan fingerprint density at radius 3 is 2.94 bits per heavy atom. The van der Waals surface area contributed by atoms with E-state index in [4.69, 9.17) is 4.42 Å². The predicted molar refractivity (Wildman–Crippen MR) is 68.6 cm³/mol. The molecule has 0 amide bonds. The van der Waals surface area contributed by atoms with Crippen LogP contribution in [0.1, 0.15) is 5.01 Å². The molecule has 4 aromatic rings. The molecule has 4 rings (SSSR count). The summed E-state index contributed by atoms with van der Waals surface area (Å²) in [6, 6.07) is 7.68. The van der Waals surface area contributed by atoms with Crippen LogP contribution < -0.4 is 0 Å². The lowest BCUT2D eigenvalue weighted by atomic mass is 10.3. The summed E-state index contributed by atoms with van der Waals surface area (Å²) in [5.41, 5.74) is 2.32. The largest absolute Gasteiger partial charge is 0.435 e. The number of rotatable bonds is 1. The number of fused-ring (bicyclic) bond motifs is 2. The smallest absolute Gasteiger partial charge is 0.247 e. The third-order valence-corrected chi connectivity index (χ3v) is 3.50. The van der Waals surface area contributed by atoms with Gasteiger partial charge in [0.15, 0.2) is 5.58 Å². The highest BCUT2D eigenvalue weighted by Gasteiger charge is 2.13. The summed E-state index contributed by atoms with van der Waals surface area (Å²) in [7, 11) is 0. The maximum Gasteiger partial charge on any atom is 0.247 e. The van der Waals surface area contributed by atoms with Crippen molar-refractivity contribution >= 4 is 27.4 Å². The van der Waals surface area contributed by atoms with Crippen molar-refractivity contribution < 1.29 is 4.42 Å². The van der Waals surface area contributed by atoms with Crippen molar-refractivity contribution in [1.82, 2.24) is 19.6 Å². The van der Waals surface area contributed by atoms with Crippen LogP contribution in [0.25, 0.3) is 27.6 Å². The number of benzene rings is 1. The maximum absolute atomic E-state index is 5.67. The molecule has 88 valence electrons. The van der Waals surface area contributed by atoms with Crippen LogP contribution >= 0.6 is 11.3 Å². The van der Waals surface area contributed by atoms with Gasteiger partial charge < -0.3 is 4.42 Å². The summed E-state index contributed by atoms with van der Waals surface area (Å²) in [5, 5.41) is 5.30. The molecular formula is C12H8N4OS. The molecule has 0 aliphatic carbocycles. The van der Waals surface area contributed by atoms with Gasteiger partial charge in [-0.3, -0.25) is 0 Å². The van der Waals surface area contributed by atoms with Gasteiger partial charge in [0.2, 0.25) is 10.9 Å². The molecule has 6 heteroatoms. The standard InChI is InChI=1S/C12H8N4OS/c1-7-15-16-6-9(14-12(16)18-7)11-13-8-4-2-3-5-10(8)17-11/h2-6H,1H3. The Bertz CT molecular complexity index is 793. The molecule has 0 bridgehead atoms. The highest BCUT2D eigenvalue weighted by atomic mass is 32.1. The van der Waals surface area contributed by atoms with Gasteiger partial charge >= 0.3 is 0 Å². The topological polar surface area (TPSA) is 56.2 Å². The minimum atomic E-state index is 0.534. The molecule has 0 unspecified atom stereocenters. The predicted octanol–water partition coefficient (Wildman–Crippen LogP) is 2.91. The Morgan fingerprint density at radius 2 is 2.11 bits per heavy atom. The molecule has 0 aliphatic heterocycles. The lowest BCUT2D eigenvalue weighted by Crippen LogP contribution is -1.80. The molecular weight excluding hydrogens is 248 g/mol. The first-order valence-electron chi connectivity index (χ1n) is 5.48. The minimum absolute atomic E-state index is 0.534. The first-order chi connectivity index (χ1) is 8.79. The molecule has 0 saturated heterocycles. The van der Waals surface area contributed by atoms with Gasteiger partial charge in [0.25, 0.3) is 0 Å². The normalized spacial score (nSPS) is 11.6. The molecule has 0 N–H and O–H groups in total. The maximum atomic E-state index is 5.67. The number of oxazole rings is 1. The quantitative estimate of drug-likeness (QED) is 0.525. The summed E-state index contributed by atoms with van der Waals surface area (Å²) in [6.45, 7) is 1.96. The second-order valence-electron chi connectivity index (χ2n) is 3.96. The summed E-state index contributed by atoms with van der Waals surface area (Å²) in [4.78, 5) is 9.73. The van der Waals surface area contributed by atoms with E-state index >= 15 is 0 Å². The zero-order chi connectivity index (χ0) is 12.1. The molecule has 0 radical (unpaired) electrons. The van der Waals surface area contributed by atoms with Gasteiger partial charge in [-0.2, -0.15) is 5.10 Å². The van der Waals surface area contributed by atoms with E-state index in [2.05, 4.69) is 15.1 Å². The van der Waals surface area contributed by atoms with E-state index in [0.29, 0.717) is 11.6 Å². The Hall–Kier alpha value is -2.21. The number of imidazole rings is 1. The van der Waals surface area contributed by atoms with Gasteiger partial charge in [0.05, 0.1) is 6.20 Å². The number of aryl methyl sites for hydroxylation is 1. The lowest BCUT2D eigenvalue weighted by Gasteiger charge is -1.84. The zero-order valence-electron chi connectivity index (χ0n) is 9.49. The average molecular weight is 256 g/mol. The van der Waals surface area contributed by atoms with Crippen molar-refractivity contribution in [2.45, 2.75) is 6.92 Å². The van der Waals surface area contributed by atoms with Crippen LogP contribution in [0.2, 0.25) is 0 Å². The number of nitrogens with zero attached hydrogens (tertiary/aromatic N) is 4. The van der Waals surface area contributed by atoms with Crippen LogP contribution in [0, 0.1) is 6.92 Å². The third-order valence-electron chi connectivity index (χ3n) is 2.66. The fourth-order valence-corrected chi connectivity index (χ4v) is 2.61. The lowest BCUT2D eigenvalue weighted by molar-refractivity contribution is 0.617. The number of aromatic nitrogens is 4. The SMILES string of the molecule is Cc1nn2cc(-c3nc4ccccc4o3)nc2s1. The van der Waals surface area contributed by atoms with Crippen molar-refractivity contribution in [3.05, 3.63) is 35.5 Å². The zero-order valence-corrected chi connectivity index (χ0v) is 10.3. The molecule has 3 aromatic heterocycles. The molecule has 0 saturated carbocycles. The first-order valence-corrected chi connectivity index (χ1v) is 6.30. The Balaban J connectivity index is 1.92. The van der Waals surface area contributed by atoms with E-state index in [9.17, 15) is 0 Å². The Labute approximate surface area is 106 Å². The van der Waals surface area contributed by atoms with Crippen molar-refractivity contribution in [3.63, 3.8) is 0 Å². The summed E-state index contributed by atoms with van der Waals surface area (Å²) in [5.74, 6) is 0.534. The van der Waals surface area contributed by atoms with Crippen molar-refractivity contribution in [2.75, 3.05) is 0 Å². The van der Waals surface area contributed by atoms with Gasteiger partial charge in [0, 0.05) is 0 Å². The third kappa shape index (κ3) is 1.36. The summed E-state index contributed by atoms with van der Waals surface area (Å²) < 4.78 is 7.43. The first kappa shape index (κ1) is 9.78. The second kappa shape index (κ2) is 3.39. The van der Waals surface area contributed by atoms with Gasteiger partial charge in [-0.15, -0.1) is 0 Å². The highest BCUT2D eigenvalue weighted by Crippen LogP contribution is 2.24. The Morgan fingerprint density at radius 1 is 1.22 bits per heavy atom.